The van der Waals surface area contributed by atoms with Gasteiger partial charge >= 0.3 is 0 Å². The van der Waals surface area contributed by atoms with E-state index in [2.05, 4.69) is 14.4 Å². The molecule has 0 saturated heterocycles. The largest absolute Gasteiger partial charge is 0.506 e. The Hall–Kier alpha value is -4.49. The van der Waals surface area contributed by atoms with Gasteiger partial charge in [-0.2, -0.15) is 8.42 Å². The van der Waals surface area contributed by atoms with E-state index in [0.29, 0.717) is 29.2 Å². The normalized spacial score (nSPS) is 13.4. The van der Waals surface area contributed by atoms with Gasteiger partial charge in [0.25, 0.3) is 10.0 Å². The number of sulfonamides is 1. The minimum Gasteiger partial charge on any atom is -0.506 e. The van der Waals surface area contributed by atoms with Gasteiger partial charge in [-0.05, 0) is 56.3 Å². The molecule has 4 rings (SSSR count). The number of halogens is 3. The Morgan fingerprint density at radius 3 is 2.26 bits per heavy atom. The quantitative estimate of drug-likeness (QED) is 0.0874. The molecule has 0 amide bonds. The van der Waals surface area contributed by atoms with E-state index >= 15 is 0 Å². The second kappa shape index (κ2) is 10.0. The lowest BCUT2D eigenvalue weighted by Gasteiger charge is -2.16. The number of aromatic nitrogens is 2. The fourth-order valence-electron chi connectivity index (χ4n) is 3.51. The van der Waals surface area contributed by atoms with Gasteiger partial charge in [-0.1, -0.05) is 12.1 Å². The van der Waals surface area contributed by atoms with Crippen molar-refractivity contribution in [1.29, 1.82) is 0 Å². The van der Waals surface area contributed by atoms with Crippen LogP contribution in [-0.2, 0) is 10.0 Å². The third kappa shape index (κ3) is 5.68. The van der Waals surface area contributed by atoms with Gasteiger partial charge in [-0.3, -0.25) is 4.79 Å². The van der Waals surface area contributed by atoms with E-state index in [4.69, 9.17) is 5.73 Å². The number of hydrogen-bond acceptors (Lipinski definition) is 6. The predicted octanol–water partition coefficient (Wildman–Crippen LogP) is 4.11. The van der Waals surface area contributed by atoms with Crippen LogP contribution in [0.2, 0.25) is 0 Å². The number of benzene rings is 3. The van der Waals surface area contributed by atoms with Crippen LogP contribution < -0.4 is 5.73 Å². The first kappa shape index (κ1) is 27.5. The average molecular weight is 559 g/mol. The van der Waals surface area contributed by atoms with Crippen molar-refractivity contribution in [2.24, 2.45) is 10.1 Å². The minimum absolute atomic E-state index is 0.207. The number of H-pyrrole nitrogens is 1. The summed E-state index contributed by atoms with van der Waals surface area (Å²) < 4.78 is 71.3. The number of nitrogens with two attached hydrogens (primary N) is 1. The van der Waals surface area contributed by atoms with Gasteiger partial charge in [0.2, 0.25) is 5.78 Å². The van der Waals surface area contributed by atoms with E-state index in [1.165, 1.54) is 13.8 Å². The number of carbonyl (C=O) groups excluding carboxylic acids is 1. The van der Waals surface area contributed by atoms with Crippen LogP contribution in [0.1, 0.15) is 35.6 Å². The molecule has 13 heteroatoms. The number of ketones is 1. The van der Waals surface area contributed by atoms with Crippen LogP contribution >= 0.6 is 0 Å². The number of nitrogens with one attached hydrogen (secondary N) is 1. The van der Waals surface area contributed by atoms with Crippen molar-refractivity contribution in [3.8, 4) is 0 Å². The Kier molecular flexibility index (Phi) is 7.06. The number of fused-ring (bicyclic) bond motifs is 1. The molecule has 202 valence electrons. The first-order chi connectivity index (χ1) is 18.2. The number of hydrogen-bond donors (Lipinski definition) is 4. The number of rotatable bonds is 7. The standard InChI is InChI=1S/C26H21F3N4O5S/c1-26(2,36)25(30)33-39(37,38)20-11-13(7-8-17(20)29)22(34)21(23(35)14-9-15(27)12-16(28)10-14)24-31-18-5-3-4-6-19(18)32-24/h3-12,35-36H,1-2H3,(H2,30,33)(H,31,32). The second-order valence-corrected chi connectivity index (χ2v) is 10.5. The smallest absolute Gasteiger partial charge is 0.286 e. The SMILES string of the molecule is CC(C)(O)C(N)=NS(=O)(=O)c1cc(C(=O)C(=C(O)c2cc(F)cc(F)c2)c2nc3ccccc3[nH]2)ccc1F. The Morgan fingerprint density at radius 2 is 1.64 bits per heavy atom. The molecule has 0 unspecified atom stereocenters. The Labute approximate surface area is 220 Å². The minimum atomic E-state index is -4.85. The Bertz CT molecular complexity index is 1740. The molecule has 0 bridgehead atoms. The van der Waals surface area contributed by atoms with Crippen molar-refractivity contribution in [1.82, 2.24) is 9.97 Å². The van der Waals surface area contributed by atoms with Gasteiger partial charge in [0, 0.05) is 17.2 Å². The summed E-state index contributed by atoms with van der Waals surface area (Å²) in [6.45, 7) is 2.33. The second-order valence-electron chi connectivity index (χ2n) is 8.97. The summed E-state index contributed by atoms with van der Waals surface area (Å²) in [6.07, 6.45) is 0. The highest BCUT2D eigenvalue weighted by Gasteiger charge is 2.29. The highest BCUT2D eigenvalue weighted by Crippen LogP contribution is 2.30. The number of nitrogens with zero attached hydrogens (tertiary/aromatic N) is 2. The number of carbonyl (C=O) groups is 1. The molecule has 1 aromatic heterocycles. The maximum absolute atomic E-state index is 14.6. The molecule has 0 radical (unpaired) electrons. The lowest BCUT2D eigenvalue weighted by molar-refractivity contribution is 0.105. The molecule has 0 saturated carbocycles. The third-order valence-corrected chi connectivity index (χ3v) is 6.85. The van der Waals surface area contributed by atoms with Crippen molar-refractivity contribution in [3.63, 3.8) is 0 Å². The Balaban J connectivity index is 1.93. The van der Waals surface area contributed by atoms with Crippen molar-refractivity contribution in [3.05, 3.63) is 95.1 Å². The van der Waals surface area contributed by atoms with E-state index in [1.807, 2.05) is 0 Å². The molecule has 0 spiro atoms. The number of aliphatic hydroxyl groups excluding tert-OH is 1. The van der Waals surface area contributed by atoms with E-state index < -0.39 is 72.0 Å². The zero-order valence-corrected chi connectivity index (χ0v) is 21.2. The van der Waals surface area contributed by atoms with Crippen LogP contribution in [0.5, 0.6) is 0 Å². The number of Topliss-reactive ketones (excluding diaryl/α,β-unsaturated/α-hetero) is 1. The van der Waals surface area contributed by atoms with Crippen LogP contribution in [0, 0.1) is 17.5 Å². The van der Waals surface area contributed by atoms with Crippen LogP contribution in [0.4, 0.5) is 13.2 Å². The van der Waals surface area contributed by atoms with E-state index in [-0.39, 0.29) is 5.82 Å². The Morgan fingerprint density at radius 1 is 1.00 bits per heavy atom. The fraction of sp³-hybridized carbons (Fsp3) is 0.115. The van der Waals surface area contributed by atoms with E-state index in [1.54, 1.807) is 24.3 Å². The molecule has 0 aliphatic carbocycles. The van der Waals surface area contributed by atoms with Gasteiger partial charge in [-0.25, -0.2) is 18.2 Å². The van der Waals surface area contributed by atoms with Crippen LogP contribution in [0.15, 0.2) is 70.0 Å². The fourth-order valence-corrected chi connectivity index (χ4v) is 4.68. The van der Waals surface area contributed by atoms with Crippen molar-refractivity contribution in [2.75, 3.05) is 0 Å². The average Bonchev–Trinajstić information content (AvgIpc) is 3.26. The number of imidazole rings is 1. The summed E-state index contributed by atoms with van der Waals surface area (Å²) in [4.78, 5) is 19.7. The first-order valence-corrected chi connectivity index (χ1v) is 12.6. The summed E-state index contributed by atoms with van der Waals surface area (Å²) in [5.41, 5.74) is 3.09. The summed E-state index contributed by atoms with van der Waals surface area (Å²) in [5.74, 6) is -6.23. The third-order valence-electron chi connectivity index (χ3n) is 5.54. The molecule has 0 atom stereocenters. The number of aliphatic hydroxyl groups is 2. The van der Waals surface area contributed by atoms with Crippen LogP contribution in [0.3, 0.4) is 0 Å². The van der Waals surface area contributed by atoms with Crippen molar-refractivity contribution in [2.45, 2.75) is 24.3 Å². The van der Waals surface area contributed by atoms with Crippen LogP contribution in [0.25, 0.3) is 22.4 Å². The monoisotopic (exact) mass is 558 g/mol. The lowest BCUT2D eigenvalue weighted by atomic mass is 9.98. The summed E-state index contributed by atoms with van der Waals surface area (Å²) in [7, 11) is -4.85. The van der Waals surface area contributed by atoms with Gasteiger partial charge in [0.15, 0.2) is 0 Å². The maximum Gasteiger partial charge on any atom is 0.286 e. The number of para-hydroxylation sites is 2. The lowest BCUT2D eigenvalue weighted by Crippen LogP contribution is -2.38. The summed E-state index contributed by atoms with van der Waals surface area (Å²) >= 11 is 0. The molecule has 1 heterocycles. The van der Waals surface area contributed by atoms with Crippen molar-refractivity contribution >= 4 is 44.0 Å². The van der Waals surface area contributed by atoms with Gasteiger partial charge in [0.05, 0.1) is 11.0 Å². The maximum atomic E-state index is 14.6. The molecular formula is C26H21F3N4O5S. The van der Waals surface area contributed by atoms with Crippen molar-refractivity contribution < 1.29 is 36.6 Å². The molecule has 0 aliphatic heterocycles. The molecule has 39 heavy (non-hydrogen) atoms. The number of aromatic amines is 1. The predicted molar refractivity (Wildman–Crippen MR) is 138 cm³/mol. The topological polar surface area (TPSA) is 159 Å². The summed E-state index contributed by atoms with van der Waals surface area (Å²) in [5, 5.41) is 20.9. The molecular weight excluding hydrogens is 537 g/mol. The van der Waals surface area contributed by atoms with Crippen LogP contribution in [-0.4, -0.2) is 45.8 Å². The highest BCUT2D eigenvalue weighted by atomic mass is 32.2. The number of allylic oxidation sites excluding steroid dienone is 1. The molecule has 9 nitrogen and oxygen atoms in total. The summed E-state index contributed by atoms with van der Waals surface area (Å²) in [6, 6.07) is 11.0. The first-order valence-electron chi connectivity index (χ1n) is 11.2. The van der Waals surface area contributed by atoms with Gasteiger partial charge in [0.1, 0.15) is 50.9 Å². The molecule has 4 aromatic rings. The van der Waals surface area contributed by atoms with E-state index in [9.17, 15) is 36.6 Å². The zero-order chi connectivity index (χ0) is 28.7. The molecule has 5 N–H and O–H groups in total. The van der Waals surface area contributed by atoms with Gasteiger partial charge in [-0.15, -0.1) is 4.40 Å². The van der Waals surface area contributed by atoms with E-state index in [0.717, 1.165) is 18.2 Å². The highest BCUT2D eigenvalue weighted by molar-refractivity contribution is 7.90. The zero-order valence-electron chi connectivity index (χ0n) is 20.4. The van der Waals surface area contributed by atoms with Gasteiger partial charge < -0.3 is 20.9 Å². The molecule has 0 fully saturated rings. The number of amidine groups is 1. The molecule has 0 aliphatic rings. The molecule has 3 aromatic carbocycles.